The van der Waals surface area contributed by atoms with Gasteiger partial charge < -0.3 is 19.6 Å². The van der Waals surface area contributed by atoms with Crippen molar-refractivity contribution in [3.05, 3.63) is 112 Å². The number of aliphatic carboxylic acids is 1. The van der Waals surface area contributed by atoms with Crippen molar-refractivity contribution in [1.82, 2.24) is 19.1 Å². The van der Waals surface area contributed by atoms with Crippen LogP contribution in [0.2, 0.25) is 10.0 Å². The van der Waals surface area contributed by atoms with E-state index in [-0.39, 0.29) is 23.4 Å². The zero-order valence-electron chi connectivity index (χ0n) is 25.0. The fourth-order valence-corrected chi connectivity index (χ4v) is 4.51. The standard InChI is InChI=1S/C19H15ClF3N3O.C12H11ClN2O2.3HI.V/c1-26-11-16(25-18(26)12-5-7-14(20)8-6-12)10-17(27)24-15-4-2-3-13(9-15)19(21,22)23;1-15-7-10(6-11(16)17)14-12(15)8-2-4-9(13)5-3-8;;;;/h2-9,11H,10H2,1H3,(H,24,27);2-5,7H,6H2,1H3,(H,16,17);3*1H;/q;;;;;+3/p-3. The summed E-state index contributed by atoms with van der Waals surface area (Å²) >= 11 is 19.1. The summed E-state index contributed by atoms with van der Waals surface area (Å²) in [6, 6.07) is 18.9. The van der Waals surface area contributed by atoms with Gasteiger partial charge >= 0.3 is 77.0 Å². The molecule has 0 radical (unpaired) electrons. The summed E-state index contributed by atoms with van der Waals surface area (Å²) in [7, 11) is 3.63. The Labute approximate surface area is 322 Å². The number of imidazole rings is 2. The van der Waals surface area contributed by atoms with Crippen LogP contribution in [0, 0.1) is 0 Å². The first-order valence-corrected chi connectivity index (χ1v) is 27.8. The molecule has 0 aliphatic carbocycles. The molecule has 2 N–H and O–H groups in total. The molecule has 2 aromatic heterocycles. The number of alkyl halides is 3. The van der Waals surface area contributed by atoms with E-state index in [9.17, 15) is 22.8 Å². The van der Waals surface area contributed by atoms with Gasteiger partial charge in [-0.1, -0.05) is 29.3 Å². The minimum atomic E-state index is -4.46. The number of anilines is 1. The Morgan fingerprint density at radius 1 is 0.812 bits per heavy atom. The molecule has 2 heterocycles. The SMILES string of the molecule is Cn1cc(CC(=O)Nc2cccc(C(F)(F)F)c2)nc1-c1ccc(Cl)cc1.Cn1cc(CC(=O)O)nc1-c1ccc(Cl)cc1.[I][V]([I])[I]. The first-order valence-electron chi connectivity index (χ1n) is 13.5. The zero-order chi connectivity index (χ0) is 35.6. The number of carboxylic acids is 1. The van der Waals surface area contributed by atoms with Crippen molar-refractivity contribution >= 4 is 101 Å². The van der Waals surface area contributed by atoms with Gasteiger partial charge in [0.25, 0.3) is 0 Å². The molecule has 254 valence electrons. The second kappa shape index (κ2) is 19.0. The summed E-state index contributed by atoms with van der Waals surface area (Å²) in [5, 5.41) is 12.4. The van der Waals surface area contributed by atoms with E-state index >= 15 is 0 Å². The Kier molecular flexibility index (Phi) is 16.0. The number of amides is 1. The van der Waals surface area contributed by atoms with Crippen LogP contribution in [0.4, 0.5) is 18.9 Å². The number of carbonyl (C=O) groups excluding carboxylic acids is 1. The summed E-state index contributed by atoms with van der Waals surface area (Å²) in [4.78, 5) is 31.2. The molecule has 48 heavy (non-hydrogen) atoms. The van der Waals surface area contributed by atoms with E-state index in [1.54, 1.807) is 48.3 Å². The molecule has 0 saturated carbocycles. The molecule has 0 atom stereocenters. The van der Waals surface area contributed by atoms with Crippen LogP contribution >= 0.6 is 83.1 Å². The van der Waals surface area contributed by atoms with Crippen molar-refractivity contribution in [1.29, 1.82) is 0 Å². The maximum absolute atomic E-state index is 12.8. The number of nitrogens with zero attached hydrogens (tertiary/aromatic N) is 4. The van der Waals surface area contributed by atoms with Gasteiger partial charge in [-0.25, -0.2) is 9.97 Å². The topological polar surface area (TPSA) is 102 Å². The van der Waals surface area contributed by atoms with Crippen molar-refractivity contribution in [2.45, 2.75) is 19.0 Å². The van der Waals surface area contributed by atoms with Gasteiger partial charge in [-0.15, -0.1) is 0 Å². The van der Waals surface area contributed by atoms with Crippen LogP contribution in [0.25, 0.3) is 22.8 Å². The number of aromatic nitrogens is 4. The first-order chi connectivity index (χ1) is 22.5. The van der Waals surface area contributed by atoms with E-state index in [0.717, 1.165) is 29.1 Å². The average molecular weight is 1080 g/mol. The Morgan fingerprint density at radius 3 is 1.67 bits per heavy atom. The number of aryl methyl sites for hydroxylation is 2. The third-order valence-corrected chi connectivity index (χ3v) is 6.71. The zero-order valence-corrected chi connectivity index (χ0v) is 34.4. The van der Waals surface area contributed by atoms with Gasteiger partial charge in [0.15, 0.2) is 0 Å². The number of hydrogen-bond donors (Lipinski definition) is 2. The Bertz CT molecular complexity index is 1840. The van der Waals surface area contributed by atoms with E-state index in [1.807, 2.05) is 35.9 Å². The predicted octanol–water partition coefficient (Wildman–Crippen LogP) is 9.96. The van der Waals surface area contributed by atoms with Crippen molar-refractivity contribution in [2.75, 3.05) is 5.32 Å². The molecule has 8 nitrogen and oxygen atoms in total. The van der Waals surface area contributed by atoms with Crippen molar-refractivity contribution in [3.8, 4) is 22.8 Å². The molecule has 0 aliphatic heterocycles. The van der Waals surface area contributed by atoms with Crippen LogP contribution in [-0.4, -0.2) is 36.1 Å². The van der Waals surface area contributed by atoms with E-state index in [0.29, 0.717) is 27.3 Å². The third kappa shape index (κ3) is 13.5. The number of nitrogens with one attached hydrogen (secondary N) is 1. The number of hydrogen-bond acceptors (Lipinski definition) is 4. The minimum absolute atomic E-state index is 0.0579. The fourth-order valence-electron chi connectivity index (χ4n) is 4.26. The van der Waals surface area contributed by atoms with Gasteiger partial charge in [0.1, 0.15) is 11.6 Å². The van der Waals surface area contributed by atoms with Crippen molar-refractivity contribution < 1.29 is 32.8 Å². The van der Waals surface area contributed by atoms with Crippen LogP contribution in [0.1, 0.15) is 17.0 Å². The molecule has 1 amide bonds. The van der Waals surface area contributed by atoms with E-state index in [2.05, 4.69) is 75.2 Å². The van der Waals surface area contributed by atoms with Gasteiger partial charge in [-0.2, -0.15) is 13.2 Å². The predicted molar refractivity (Wildman–Crippen MR) is 204 cm³/mol. The van der Waals surface area contributed by atoms with E-state index in [4.69, 9.17) is 28.3 Å². The number of halogens is 8. The van der Waals surface area contributed by atoms with E-state index < -0.39 is 23.6 Å². The molecule has 0 fully saturated rings. The fraction of sp³-hybridized carbons (Fsp3) is 0.161. The van der Waals surface area contributed by atoms with E-state index in [1.165, 1.54) is 12.1 Å². The van der Waals surface area contributed by atoms with Gasteiger partial charge in [-0.3, -0.25) is 9.59 Å². The molecule has 0 bridgehead atoms. The van der Waals surface area contributed by atoms with Crippen molar-refractivity contribution in [3.63, 3.8) is 0 Å². The molecule has 0 saturated heterocycles. The average Bonchev–Trinajstić information content (AvgIpc) is 3.54. The van der Waals surface area contributed by atoms with Gasteiger partial charge in [-0.05, 0) is 66.7 Å². The van der Waals surface area contributed by atoms with Crippen molar-refractivity contribution in [2.24, 2.45) is 14.1 Å². The second-order valence-corrected chi connectivity index (χ2v) is 46.2. The number of benzene rings is 3. The van der Waals surface area contributed by atoms with Crippen LogP contribution in [0.3, 0.4) is 0 Å². The van der Waals surface area contributed by atoms with Crippen LogP contribution in [-0.2, 0) is 47.6 Å². The quantitative estimate of drug-likeness (QED) is 0.158. The third-order valence-electron chi connectivity index (χ3n) is 6.21. The summed E-state index contributed by atoms with van der Waals surface area (Å²) < 4.78 is 41.8. The molecule has 0 aliphatic rings. The number of rotatable bonds is 7. The summed E-state index contributed by atoms with van der Waals surface area (Å²) in [6.45, 7) is 0. The normalized spacial score (nSPS) is 10.9. The number of carbonyl (C=O) groups is 2. The molecule has 5 rings (SSSR count). The van der Waals surface area contributed by atoms with Crippen LogP contribution in [0.15, 0.2) is 85.2 Å². The summed E-state index contributed by atoms with van der Waals surface area (Å²) in [5.41, 5.74) is 2.07. The molecule has 5 aromatic rings. The summed E-state index contributed by atoms with van der Waals surface area (Å²) in [6.07, 6.45) is -1.16. The Morgan fingerprint density at radius 2 is 1.25 bits per heavy atom. The Balaban J connectivity index is 0.000000254. The molecule has 17 heteroatoms. The monoisotopic (exact) mass is 1070 g/mol. The Hall–Kier alpha value is -1.84. The summed E-state index contributed by atoms with van der Waals surface area (Å²) in [5.74, 6) is 0.0623. The maximum atomic E-state index is 12.8. The molecule has 3 aromatic carbocycles. The molecule has 0 spiro atoms. The second-order valence-electron chi connectivity index (χ2n) is 9.91. The molecular weight excluding hydrogens is 1050 g/mol. The molecule has 0 unspecified atom stereocenters. The van der Waals surface area contributed by atoms with Gasteiger partial charge in [0, 0.05) is 53.3 Å². The number of carboxylic acid groups (broad SMARTS) is 1. The van der Waals surface area contributed by atoms with Crippen LogP contribution in [0.5, 0.6) is 0 Å². The van der Waals surface area contributed by atoms with Gasteiger partial charge in [0.2, 0.25) is 5.91 Å². The van der Waals surface area contributed by atoms with Gasteiger partial charge in [0.05, 0.1) is 29.8 Å². The van der Waals surface area contributed by atoms with Crippen LogP contribution < -0.4 is 5.32 Å². The molecular formula is C31H26Cl2F3I3N5O3V. The first kappa shape index (κ1) is 40.6.